The van der Waals surface area contributed by atoms with E-state index in [1.807, 2.05) is 0 Å². The summed E-state index contributed by atoms with van der Waals surface area (Å²) in [6, 6.07) is 5.71. The Morgan fingerprint density at radius 3 is 2.32 bits per heavy atom. The molecule has 1 aromatic carbocycles. The van der Waals surface area contributed by atoms with Gasteiger partial charge in [-0.2, -0.15) is 0 Å². The molecule has 0 radical (unpaired) electrons. The highest BCUT2D eigenvalue weighted by Gasteiger charge is 2.20. The number of nitro groups is 1. The fourth-order valence-corrected chi connectivity index (χ4v) is 2.56. The molecule has 2 N–H and O–H groups in total. The lowest BCUT2D eigenvalue weighted by Gasteiger charge is -2.03. The molecule has 0 unspecified atom stereocenters. The van der Waals surface area contributed by atoms with E-state index in [4.69, 9.17) is 5.73 Å². The molecule has 1 heterocycles. The topological polar surface area (TPSA) is 129 Å². The van der Waals surface area contributed by atoms with Crippen LogP contribution in [0.1, 0.15) is 0 Å². The average molecular weight is 280 g/mol. The van der Waals surface area contributed by atoms with E-state index in [2.05, 4.69) is 9.97 Å². The van der Waals surface area contributed by atoms with Gasteiger partial charge >= 0.3 is 0 Å². The van der Waals surface area contributed by atoms with Crippen LogP contribution in [0.15, 0.2) is 46.5 Å². The molecular formula is C10H8N4O4S. The molecule has 0 aliphatic rings. The maximum Gasteiger partial charge on any atom is 0.269 e. The van der Waals surface area contributed by atoms with Crippen molar-refractivity contribution in [3.05, 3.63) is 46.6 Å². The van der Waals surface area contributed by atoms with Crippen molar-refractivity contribution in [3.8, 4) is 0 Å². The van der Waals surface area contributed by atoms with Crippen LogP contribution >= 0.6 is 0 Å². The molecule has 0 amide bonds. The first-order valence-corrected chi connectivity index (χ1v) is 6.47. The van der Waals surface area contributed by atoms with Crippen molar-refractivity contribution in [1.82, 2.24) is 9.97 Å². The van der Waals surface area contributed by atoms with Crippen molar-refractivity contribution in [1.29, 1.82) is 0 Å². The largest absolute Gasteiger partial charge is 0.368 e. The highest BCUT2D eigenvalue weighted by Crippen LogP contribution is 2.21. The molecule has 0 saturated heterocycles. The van der Waals surface area contributed by atoms with E-state index in [1.54, 1.807) is 0 Å². The molecule has 0 saturated carbocycles. The SMILES string of the molecule is Nc1nccc(S(=O)(=O)c2ccc([N+](=O)[O-])cc2)n1. The van der Waals surface area contributed by atoms with Crippen LogP contribution in [-0.4, -0.2) is 23.3 Å². The number of hydrogen-bond acceptors (Lipinski definition) is 7. The molecule has 0 atom stereocenters. The van der Waals surface area contributed by atoms with Crippen molar-refractivity contribution >= 4 is 21.5 Å². The summed E-state index contributed by atoms with van der Waals surface area (Å²) in [7, 11) is -3.86. The van der Waals surface area contributed by atoms with Gasteiger partial charge in [0.15, 0.2) is 5.03 Å². The summed E-state index contributed by atoms with van der Waals surface area (Å²) >= 11 is 0. The number of nitrogen functional groups attached to an aromatic ring is 1. The molecule has 0 bridgehead atoms. The third-order valence-electron chi connectivity index (χ3n) is 2.28. The number of sulfone groups is 1. The molecule has 19 heavy (non-hydrogen) atoms. The second kappa shape index (κ2) is 4.61. The maximum atomic E-state index is 12.2. The number of nitrogens with two attached hydrogens (primary N) is 1. The Labute approximate surface area is 108 Å². The van der Waals surface area contributed by atoms with Gasteiger partial charge in [-0.15, -0.1) is 0 Å². The van der Waals surface area contributed by atoms with Gasteiger partial charge in [-0.1, -0.05) is 0 Å². The molecule has 0 fully saturated rings. The maximum absolute atomic E-state index is 12.2. The molecule has 0 spiro atoms. The fourth-order valence-electron chi connectivity index (χ4n) is 1.37. The second-order valence-corrected chi connectivity index (χ2v) is 5.40. The van der Waals surface area contributed by atoms with E-state index in [-0.39, 0.29) is 21.6 Å². The Kier molecular flexibility index (Phi) is 3.13. The van der Waals surface area contributed by atoms with Crippen molar-refractivity contribution in [2.24, 2.45) is 0 Å². The fraction of sp³-hybridized carbons (Fsp3) is 0. The first-order chi connectivity index (χ1) is 8.91. The number of nitrogens with zero attached hydrogens (tertiary/aromatic N) is 3. The van der Waals surface area contributed by atoms with E-state index >= 15 is 0 Å². The van der Waals surface area contributed by atoms with E-state index in [9.17, 15) is 18.5 Å². The number of aromatic nitrogens is 2. The van der Waals surface area contributed by atoms with E-state index in [0.717, 1.165) is 24.3 Å². The standard InChI is InChI=1S/C10H8N4O4S/c11-10-12-6-5-9(13-10)19(17,18)8-3-1-7(2-4-8)14(15)16/h1-6H,(H2,11,12,13). The van der Waals surface area contributed by atoms with Gasteiger partial charge in [0.2, 0.25) is 15.8 Å². The van der Waals surface area contributed by atoms with Crippen LogP contribution in [0.3, 0.4) is 0 Å². The minimum atomic E-state index is -3.86. The average Bonchev–Trinajstić information content (AvgIpc) is 2.39. The lowest BCUT2D eigenvalue weighted by molar-refractivity contribution is -0.384. The number of benzene rings is 1. The van der Waals surface area contributed by atoms with Gasteiger partial charge in [0, 0.05) is 18.3 Å². The Hall–Kier alpha value is -2.55. The second-order valence-electron chi connectivity index (χ2n) is 3.51. The molecule has 2 rings (SSSR count). The first kappa shape index (κ1) is 12.9. The lowest BCUT2D eigenvalue weighted by atomic mass is 10.3. The van der Waals surface area contributed by atoms with E-state index in [1.165, 1.54) is 12.3 Å². The third-order valence-corrected chi connectivity index (χ3v) is 3.95. The quantitative estimate of drug-likeness (QED) is 0.500. The Balaban J connectivity index is 2.48. The predicted octanol–water partition coefficient (Wildman–Crippen LogP) is 0.800. The monoisotopic (exact) mass is 280 g/mol. The molecule has 8 nitrogen and oxygen atoms in total. The van der Waals surface area contributed by atoms with Crippen molar-refractivity contribution in [2.45, 2.75) is 9.92 Å². The number of hydrogen-bond donors (Lipinski definition) is 1. The smallest absolute Gasteiger partial charge is 0.269 e. The summed E-state index contributed by atoms with van der Waals surface area (Å²) in [6.07, 6.45) is 1.22. The molecular weight excluding hydrogens is 272 g/mol. The summed E-state index contributed by atoms with van der Waals surface area (Å²) in [4.78, 5) is 17.0. The number of nitro benzene ring substituents is 1. The summed E-state index contributed by atoms with van der Waals surface area (Å²) in [6.45, 7) is 0. The molecule has 0 aliphatic carbocycles. The minimum absolute atomic E-state index is 0.101. The van der Waals surface area contributed by atoms with Gasteiger partial charge in [-0.3, -0.25) is 10.1 Å². The van der Waals surface area contributed by atoms with E-state index in [0.29, 0.717) is 0 Å². The number of rotatable bonds is 3. The normalized spacial score (nSPS) is 11.2. The summed E-state index contributed by atoms with van der Waals surface area (Å²) in [5, 5.41) is 10.2. The van der Waals surface area contributed by atoms with Gasteiger partial charge in [0.25, 0.3) is 5.69 Å². The summed E-state index contributed by atoms with van der Waals surface area (Å²) in [5.74, 6) is -0.164. The van der Waals surface area contributed by atoms with Crippen molar-refractivity contribution in [3.63, 3.8) is 0 Å². The number of non-ortho nitro benzene ring substituents is 1. The third kappa shape index (κ3) is 2.50. The Morgan fingerprint density at radius 2 is 1.79 bits per heavy atom. The summed E-state index contributed by atoms with van der Waals surface area (Å²) < 4.78 is 24.3. The minimum Gasteiger partial charge on any atom is -0.368 e. The van der Waals surface area contributed by atoms with E-state index < -0.39 is 14.8 Å². The molecule has 2 aromatic rings. The first-order valence-electron chi connectivity index (χ1n) is 4.99. The van der Waals surface area contributed by atoms with Crippen LogP contribution in [0.5, 0.6) is 0 Å². The van der Waals surface area contributed by atoms with Crippen molar-refractivity contribution in [2.75, 3.05) is 5.73 Å². The summed E-state index contributed by atoms with van der Waals surface area (Å²) in [5.41, 5.74) is 5.13. The van der Waals surface area contributed by atoms with Crippen LogP contribution in [0.4, 0.5) is 11.6 Å². The Morgan fingerprint density at radius 1 is 1.16 bits per heavy atom. The van der Waals surface area contributed by atoms with Crippen LogP contribution in [-0.2, 0) is 9.84 Å². The molecule has 98 valence electrons. The van der Waals surface area contributed by atoms with Gasteiger partial charge in [0.05, 0.1) is 9.82 Å². The van der Waals surface area contributed by atoms with Crippen LogP contribution < -0.4 is 5.73 Å². The predicted molar refractivity (Wildman–Crippen MR) is 65.0 cm³/mol. The highest BCUT2D eigenvalue weighted by molar-refractivity contribution is 7.91. The van der Waals surface area contributed by atoms with Crippen LogP contribution in [0, 0.1) is 10.1 Å². The lowest BCUT2D eigenvalue weighted by Crippen LogP contribution is -2.07. The van der Waals surface area contributed by atoms with Gasteiger partial charge in [-0.05, 0) is 18.2 Å². The van der Waals surface area contributed by atoms with Gasteiger partial charge in [0.1, 0.15) is 0 Å². The zero-order chi connectivity index (χ0) is 14.0. The molecule has 1 aromatic heterocycles. The van der Waals surface area contributed by atoms with Crippen LogP contribution in [0.2, 0.25) is 0 Å². The van der Waals surface area contributed by atoms with Gasteiger partial charge in [-0.25, -0.2) is 18.4 Å². The molecule has 0 aliphatic heterocycles. The zero-order valence-electron chi connectivity index (χ0n) is 9.42. The number of anilines is 1. The highest BCUT2D eigenvalue weighted by atomic mass is 32.2. The molecule has 9 heteroatoms. The zero-order valence-corrected chi connectivity index (χ0v) is 10.2. The van der Waals surface area contributed by atoms with Gasteiger partial charge < -0.3 is 5.73 Å². The van der Waals surface area contributed by atoms with Crippen LogP contribution in [0.25, 0.3) is 0 Å². The van der Waals surface area contributed by atoms with Crippen molar-refractivity contribution < 1.29 is 13.3 Å². The Bertz CT molecular complexity index is 727.